The van der Waals surface area contributed by atoms with Crippen molar-refractivity contribution in [1.29, 1.82) is 5.41 Å². The number of anilines is 1. The van der Waals surface area contributed by atoms with E-state index in [4.69, 9.17) is 36.5 Å². The van der Waals surface area contributed by atoms with Crippen LogP contribution in [0.1, 0.15) is 37.9 Å². The summed E-state index contributed by atoms with van der Waals surface area (Å²) in [6, 6.07) is 5.07. The van der Waals surface area contributed by atoms with Gasteiger partial charge in [-0.05, 0) is 46.0 Å². The molecular weight excluding hydrogens is 526 g/mol. The van der Waals surface area contributed by atoms with Gasteiger partial charge in [-0.2, -0.15) is 0 Å². The minimum Gasteiger partial charge on any atom is -0.512 e. The largest absolute Gasteiger partial charge is 0.512 e. The molecule has 0 spiro atoms. The van der Waals surface area contributed by atoms with Crippen molar-refractivity contribution in [2.24, 2.45) is 0 Å². The number of hydrogen-bond acceptors (Lipinski definition) is 11. The lowest BCUT2D eigenvalue weighted by Crippen LogP contribution is -2.39. The van der Waals surface area contributed by atoms with Crippen LogP contribution in [-0.2, 0) is 9.47 Å². The fourth-order valence-electron chi connectivity index (χ4n) is 4.42. The SMILES string of the molecule is CNC[C@@H](O)COc1ccc(Cl)c(-c2nc(/C(C(C)=N)=C(\C)O)c(C)c(N3CCC(OC(=O)OC)CC3)n2)c1. The number of likely N-dealkylation sites (N-methyl/N-ethyl adjacent to an activating group) is 1. The first-order valence-electron chi connectivity index (χ1n) is 12.6. The van der Waals surface area contributed by atoms with Crippen LogP contribution in [0, 0.1) is 12.3 Å². The van der Waals surface area contributed by atoms with E-state index in [0.717, 1.165) is 0 Å². The average molecular weight is 562 g/mol. The predicted molar refractivity (Wildman–Crippen MR) is 150 cm³/mol. The number of benzene rings is 1. The van der Waals surface area contributed by atoms with Crippen LogP contribution in [0.4, 0.5) is 10.6 Å². The summed E-state index contributed by atoms with van der Waals surface area (Å²) in [6.07, 6.45) is -0.512. The van der Waals surface area contributed by atoms with Gasteiger partial charge in [0.1, 0.15) is 36.1 Å². The van der Waals surface area contributed by atoms with Gasteiger partial charge in [-0.3, -0.25) is 0 Å². The lowest BCUT2D eigenvalue weighted by Gasteiger charge is -2.33. The maximum atomic E-state index is 11.5. The average Bonchev–Trinajstić information content (AvgIpc) is 2.89. The molecule has 1 aliphatic heterocycles. The van der Waals surface area contributed by atoms with E-state index >= 15 is 0 Å². The van der Waals surface area contributed by atoms with E-state index < -0.39 is 12.3 Å². The van der Waals surface area contributed by atoms with Gasteiger partial charge >= 0.3 is 6.16 Å². The van der Waals surface area contributed by atoms with Crippen LogP contribution >= 0.6 is 11.6 Å². The number of hydrogen-bond donors (Lipinski definition) is 4. The molecule has 1 aromatic heterocycles. The Bertz CT molecular complexity index is 1230. The van der Waals surface area contributed by atoms with Crippen LogP contribution in [0.5, 0.6) is 5.75 Å². The summed E-state index contributed by atoms with van der Waals surface area (Å²) < 4.78 is 15.7. The molecule has 1 aromatic carbocycles. The van der Waals surface area contributed by atoms with Crippen molar-refractivity contribution in [1.82, 2.24) is 15.3 Å². The normalized spacial score (nSPS) is 15.4. The van der Waals surface area contributed by atoms with Crippen molar-refractivity contribution in [3.8, 4) is 17.1 Å². The molecule has 3 rings (SSSR count). The number of nitrogens with zero attached hydrogens (tertiary/aromatic N) is 3. The molecule has 0 unspecified atom stereocenters. The van der Waals surface area contributed by atoms with E-state index in [0.29, 0.717) is 77.3 Å². The van der Waals surface area contributed by atoms with Gasteiger partial charge in [-0.1, -0.05) is 11.6 Å². The minimum atomic E-state index is -0.707. The van der Waals surface area contributed by atoms with Crippen molar-refractivity contribution in [3.63, 3.8) is 0 Å². The predicted octanol–water partition coefficient (Wildman–Crippen LogP) is 4.14. The number of allylic oxidation sites excluding steroid dienone is 2. The Morgan fingerprint density at radius 2 is 1.97 bits per heavy atom. The van der Waals surface area contributed by atoms with Gasteiger partial charge in [0.15, 0.2) is 5.82 Å². The number of halogens is 1. The van der Waals surface area contributed by atoms with Crippen molar-refractivity contribution in [2.45, 2.75) is 45.8 Å². The fourth-order valence-corrected chi connectivity index (χ4v) is 4.62. The standard InChI is InChI=1S/C27H36ClN5O6/c1-15-24(23(16(2)29)17(3)34)31-25(21-12-20(6-7-22(21)28)38-14-18(35)13-30-4)32-26(15)33-10-8-19(9-11-33)39-27(36)37-5/h6-7,12,18-19,29-30,34-35H,8-11,13-14H2,1-5H3/b23-17+,29-16?/t18-/m1/s1. The molecule has 0 saturated carbocycles. The molecule has 1 fully saturated rings. The van der Waals surface area contributed by atoms with Gasteiger partial charge < -0.3 is 40.0 Å². The second-order valence-corrected chi connectivity index (χ2v) is 9.76. The molecule has 1 saturated heterocycles. The number of aliphatic hydroxyl groups is 2. The van der Waals surface area contributed by atoms with Crippen LogP contribution in [0.15, 0.2) is 24.0 Å². The highest BCUT2D eigenvalue weighted by Gasteiger charge is 2.28. The maximum absolute atomic E-state index is 11.5. The molecule has 0 aliphatic carbocycles. The van der Waals surface area contributed by atoms with Gasteiger partial charge in [-0.15, -0.1) is 0 Å². The van der Waals surface area contributed by atoms with Gasteiger partial charge in [-0.25, -0.2) is 14.8 Å². The lowest BCUT2D eigenvalue weighted by atomic mass is 10.0. The lowest BCUT2D eigenvalue weighted by molar-refractivity contribution is 0.0281. The molecule has 0 radical (unpaired) electrons. The molecular formula is C27H36ClN5O6. The number of piperidine rings is 1. The third-order valence-electron chi connectivity index (χ3n) is 6.33. The molecule has 39 heavy (non-hydrogen) atoms. The van der Waals surface area contributed by atoms with Crippen LogP contribution in [0.3, 0.4) is 0 Å². The van der Waals surface area contributed by atoms with Crippen LogP contribution < -0.4 is 15.0 Å². The Morgan fingerprint density at radius 3 is 2.56 bits per heavy atom. The van der Waals surface area contributed by atoms with E-state index in [1.807, 2.05) is 6.92 Å². The molecule has 11 nitrogen and oxygen atoms in total. The van der Waals surface area contributed by atoms with E-state index in [-0.39, 0.29) is 24.2 Å². The Balaban J connectivity index is 2.05. The minimum absolute atomic E-state index is 0.0342. The van der Waals surface area contributed by atoms with Crippen molar-refractivity contribution >= 4 is 34.9 Å². The number of rotatable bonds is 10. The topological polar surface area (TPSA) is 150 Å². The third kappa shape index (κ3) is 7.59. The molecule has 0 amide bonds. The monoisotopic (exact) mass is 561 g/mol. The Hall–Kier alpha value is -3.41. The Kier molecular flexibility index (Phi) is 10.5. The summed E-state index contributed by atoms with van der Waals surface area (Å²) >= 11 is 6.59. The number of ether oxygens (including phenoxy) is 3. The summed E-state index contributed by atoms with van der Waals surface area (Å²) in [6.45, 7) is 6.53. The van der Waals surface area contributed by atoms with E-state index in [2.05, 4.69) is 15.0 Å². The van der Waals surface area contributed by atoms with Gasteiger partial charge in [0.2, 0.25) is 0 Å². The van der Waals surface area contributed by atoms with Gasteiger partial charge in [0.25, 0.3) is 0 Å². The van der Waals surface area contributed by atoms with Crippen molar-refractivity contribution in [2.75, 3.05) is 45.3 Å². The molecule has 1 aliphatic rings. The van der Waals surface area contributed by atoms with Crippen molar-refractivity contribution in [3.05, 3.63) is 40.2 Å². The molecule has 2 aromatic rings. The number of carbonyl (C=O) groups is 1. The molecule has 12 heteroatoms. The first kappa shape index (κ1) is 30.1. The summed E-state index contributed by atoms with van der Waals surface area (Å²) in [4.78, 5) is 23.2. The maximum Gasteiger partial charge on any atom is 0.508 e. The molecule has 212 valence electrons. The van der Waals surface area contributed by atoms with Gasteiger partial charge in [0.05, 0.1) is 23.4 Å². The summed E-state index contributed by atoms with van der Waals surface area (Å²) in [5, 5.41) is 32.1. The second kappa shape index (κ2) is 13.6. The Morgan fingerprint density at radius 1 is 1.28 bits per heavy atom. The van der Waals surface area contributed by atoms with E-state index in [1.54, 1.807) is 32.2 Å². The highest BCUT2D eigenvalue weighted by atomic mass is 35.5. The highest BCUT2D eigenvalue weighted by Crippen LogP contribution is 2.35. The molecule has 2 heterocycles. The fraction of sp³-hybridized carbons (Fsp3) is 0.481. The second-order valence-electron chi connectivity index (χ2n) is 9.35. The quantitative estimate of drug-likeness (QED) is 0.189. The number of methoxy groups -OCH3 is 1. The zero-order valence-corrected chi connectivity index (χ0v) is 23.6. The van der Waals surface area contributed by atoms with Gasteiger partial charge in [0, 0.05) is 49.3 Å². The Labute approximate surface area is 233 Å². The molecule has 0 bridgehead atoms. The molecule has 1 atom stereocenters. The highest BCUT2D eigenvalue weighted by molar-refractivity contribution is 6.33. The first-order chi connectivity index (χ1) is 18.5. The van der Waals surface area contributed by atoms with Crippen LogP contribution in [0.25, 0.3) is 17.0 Å². The third-order valence-corrected chi connectivity index (χ3v) is 6.66. The van der Waals surface area contributed by atoms with E-state index in [9.17, 15) is 15.0 Å². The number of nitrogens with one attached hydrogen (secondary N) is 2. The zero-order chi connectivity index (χ0) is 28.7. The number of carbonyl (C=O) groups excluding carboxylic acids is 1. The summed E-state index contributed by atoms with van der Waals surface area (Å²) in [7, 11) is 3.02. The van der Waals surface area contributed by atoms with E-state index in [1.165, 1.54) is 14.0 Å². The van der Waals surface area contributed by atoms with Crippen molar-refractivity contribution < 1.29 is 29.2 Å². The molecule has 4 N–H and O–H groups in total. The smallest absolute Gasteiger partial charge is 0.508 e. The first-order valence-corrected chi connectivity index (χ1v) is 13.0. The number of aliphatic hydroxyl groups excluding tert-OH is 2. The zero-order valence-electron chi connectivity index (χ0n) is 22.9. The van der Waals surface area contributed by atoms with Crippen LogP contribution in [0.2, 0.25) is 5.02 Å². The number of aromatic nitrogens is 2. The summed E-state index contributed by atoms with van der Waals surface area (Å²) in [5.74, 6) is 1.37. The summed E-state index contributed by atoms with van der Waals surface area (Å²) in [5.41, 5.74) is 2.07. The van der Waals surface area contributed by atoms with Crippen LogP contribution in [-0.4, -0.2) is 84.7 Å².